The van der Waals surface area contributed by atoms with Gasteiger partial charge in [0, 0.05) is 34.8 Å². The van der Waals surface area contributed by atoms with E-state index in [4.69, 9.17) is 4.74 Å². The monoisotopic (exact) mass is 571 g/mol. The first-order valence-corrected chi connectivity index (χ1v) is 17.1. The largest absolute Gasteiger partial charge is 0.373 e. The molecule has 1 saturated heterocycles. The molecule has 3 heterocycles. The van der Waals surface area contributed by atoms with Crippen LogP contribution in [-0.4, -0.2) is 34.6 Å². The van der Waals surface area contributed by atoms with Crippen molar-refractivity contribution in [3.63, 3.8) is 0 Å². The van der Waals surface area contributed by atoms with Gasteiger partial charge in [-0.1, -0.05) is 72.4 Å². The van der Waals surface area contributed by atoms with Crippen LogP contribution in [0.4, 0.5) is 4.39 Å². The van der Waals surface area contributed by atoms with Crippen LogP contribution < -0.4 is 0 Å². The lowest BCUT2D eigenvalue weighted by atomic mass is 9.94. The average molecular weight is 572 g/mol. The van der Waals surface area contributed by atoms with Gasteiger partial charge in [0.05, 0.1) is 11.3 Å². The second-order valence-corrected chi connectivity index (χ2v) is 17.9. The van der Waals surface area contributed by atoms with Gasteiger partial charge in [0.1, 0.15) is 5.82 Å². The molecule has 1 fully saturated rings. The van der Waals surface area contributed by atoms with Crippen LogP contribution in [0.25, 0.3) is 28.2 Å². The van der Waals surface area contributed by atoms with Crippen molar-refractivity contribution in [2.24, 2.45) is 0 Å². The standard InChI is InChI=1S/C34H42FN3O2Si/c1-8-27-28-16-18-37(41(22(2)3,23(4)5)24(6)7)31(28)21-29(35)33(27)34(39)26-13-11-12-25(20-26)30-15-17-36-38(30)32-14-9-10-19-40-32/h8,11-13,15-18,20-24,32H,1,9-10,14,19H2,2-7H3. The molecular weight excluding hydrogens is 529 g/mol. The highest BCUT2D eigenvalue weighted by Gasteiger charge is 2.46. The Morgan fingerprint density at radius 2 is 1.80 bits per heavy atom. The number of hydrogen-bond donors (Lipinski definition) is 0. The van der Waals surface area contributed by atoms with Gasteiger partial charge < -0.3 is 8.97 Å². The fraction of sp³-hybridized carbons (Fsp3) is 0.412. The van der Waals surface area contributed by atoms with E-state index in [1.54, 1.807) is 24.4 Å². The fourth-order valence-electron chi connectivity index (χ4n) is 7.54. The Hall–Kier alpha value is -3.29. The van der Waals surface area contributed by atoms with Gasteiger partial charge in [-0.15, -0.1) is 0 Å². The summed E-state index contributed by atoms with van der Waals surface area (Å²) in [6.45, 7) is 18.5. The third-order valence-electron chi connectivity index (χ3n) is 9.13. The third kappa shape index (κ3) is 4.83. The summed E-state index contributed by atoms with van der Waals surface area (Å²) in [5.74, 6) is -0.864. The van der Waals surface area contributed by atoms with Crippen molar-refractivity contribution in [1.82, 2.24) is 14.0 Å². The first-order chi connectivity index (χ1) is 19.6. The smallest absolute Gasteiger partial charge is 0.196 e. The Balaban J connectivity index is 1.60. The van der Waals surface area contributed by atoms with Gasteiger partial charge in [0.25, 0.3) is 0 Å². The number of fused-ring (bicyclic) bond motifs is 1. The summed E-state index contributed by atoms with van der Waals surface area (Å²) < 4.78 is 26.4. The van der Waals surface area contributed by atoms with E-state index in [0.717, 1.165) is 41.4 Å². The SMILES string of the molecule is C=Cc1c(C(=O)c2cccc(-c3ccnn3C3CCCCO3)c2)c(F)cc2c1ccn2[Si](C(C)C)(C(C)C)C(C)C. The molecule has 7 heteroatoms. The van der Waals surface area contributed by atoms with Crippen molar-refractivity contribution in [1.29, 1.82) is 0 Å². The lowest BCUT2D eigenvalue weighted by Crippen LogP contribution is -2.51. The van der Waals surface area contributed by atoms with Crippen molar-refractivity contribution < 1.29 is 13.9 Å². The normalized spacial score (nSPS) is 16.3. The summed E-state index contributed by atoms with van der Waals surface area (Å²) in [7, 11) is -2.13. The Labute approximate surface area is 244 Å². The number of carbonyl (C=O) groups is 1. The van der Waals surface area contributed by atoms with Crippen LogP contribution in [0.5, 0.6) is 0 Å². The molecule has 0 bridgehead atoms. The Morgan fingerprint density at radius 1 is 1.07 bits per heavy atom. The van der Waals surface area contributed by atoms with E-state index in [0.29, 0.717) is 34.4 Å². The van der Waals surface area contributed by atoms with E-state index in [1.807, 2.05) is 35.0 Å². The predicted molar refractivity (Wildman–Crippen MR) is 168 cm³/mol. The molecule has 1 aliphatic rings. The van der Waals surface area contributed by atoms with Crippen LogP contribution in [0.2, 0.25) is 16.6 Å². The number of ketones is 1. The Morgan fingerprint density at radius 3 is 2.44 bits per heavy atom. The van der Waals surface area contributed by atoms with E-state index in [1.165, 1.54) is 0 Å². The van der Waals surface area contributed by atoms with E-state index in [2.05, 4.69) is 63.6 Å². The summed E-state index contributed by atoms with van der Waals surface area (Å²) in [6, 6.07) is 12.9. The molecule has 2 aromatic heterocycles. The minimum Gasteiger partial charge on any atom is -0.373 e. The molecule has 0 N–H and O–H groups in total. The highest BCUT2D eigenvalue weighted by Crippen LogP contribution is 2.45. The van der Waals surface area contributed by atoms with Gasteiger partial charge >= 0.3 is 0 Å². The summed E-state index contributed by atoms with van der Waals surface area (Å²) in [4.78, 5) is 14.0. The second kappa shape index (κ2) is 11.5. The molecule has 4 aromatic rings. The van der Waals surface area contributed by atoms with Crippen molar-refractivity contribution in [2.45, 2.75) is 83.7 Å². The highest BCUT2D eigenvalue weighted by atomic mass is 28.3. The van der Waals surface area contributed by atoms with Gasteiger partial charge in [-0.25, -0.2) is 9.07 Å². The van der Waals surface area contributed by atoms with Crippen LogP contribution in [0.15, 0.2) is 61.4 Å². The third-order valence-corrected chi connectivity index (χ3v) is 15.9. The number of nitrogens with zero attached hydrogens (tertiary/aromatic N) is 3. The zero-order valence-electron chi connectivity index (χ0n) is 25.2. The zero-order valence-corrected chi connectivity index (χ0v) is 26.2. The summed E-state index contributed by atoms with van der Waals surface area (Å²) in [5, 5.41) is 5.39. The molecule has 41 heavy (non-hydrogen) atoms. The second-order valence-electron chi connectivity index (χ2n) is 12.2. The van der Waals surface area contributed by atoms with Gasteiger partial charge in [-0.05, 0) is 71.9 Å². The number of halogens is 1. The minimum absolute atomic E-state index is 0.0671. The van der Waals surface area contributed by atoms with Crippen molar-refractivity contribution in [3.05, 3.63) is 83.9 Å². The van der Waals surface area contributed by atoms with Crippen LogP contribution in [0.3, 0.4) is 0 Å². The van der Waals surface area contributed by atoms with Crippen LogP contribution >= 0.6 is 0 Å². The van der Waals surface area contributed by atoms with Gasteiger partial charge in [0.2, 0.25) is 0 Å². The van der Waals surface area contributed by atoms with Crippen LogP contribution in [0, 0.1) is 5.82 Å². The van der Waals surface area contributed by atoms with E-state index in [9.17, 15) is 4.79 Å². The molecule has 0 amide bonds. The van der Waals surface area contributed by atoms with E-state index < -0.39 is 14.1 Å². The van der Waals surface area contributed by atoms with Crippen molar-refractivity contribution in [2.75, 3.05) is 6.61 Å². The molecule has 5 rings (SSSR count). The molecule has 0 aliphatic carbocycles. The fourth-order valence-corrected chi connectivity index (χ4v) is 14.1. The number of rotatable bonds is 9. The Bertz CT molecular complexity index is 1550. The molecule has 2 aromatic carbocycles. The van der Waals surface area contributed by atoms with E-state index in [-0.39, 0.29) is 17.6 Å². The lowest BCUT2D eigenvalue weighted by Gasteiger charge is -2.44. The van der Waals surface area contributed by atoms with Gasteiger partial charge in [-0.3, -0.25) is 4.79 Å². The van der Waals surface area contributed by atoms with Gasteiger partial charge in [-0.2, -0.15) is 5.10 Å². The number of aromatic nitrogens is 3. The molecule has 1 aliphatic heterocycles. The van der Waals surface area contributed by atoms with Crippen molar-refractivity contribution in [3.8, 4) is 11.3 Å². The molecule has 5 nitrogen and oxygen atoms in total. The number of hydrogen-bond acceptors (Lipinski definition) is 3. The maximum absolute atomic E-state index is 16.1. The molecule has 1 atom stereocenters. The first kappa shape index (κ1) is 29.2. The lowest BCUT2D eigenvalue weighted by molar-refractivity contribution is -0.0383. The highest BCUT2D eigenvalue weighted by molar-refractivity contribution is 6.82. The average Bonchev–Trinajstić information content (AvgIpc) is 3.60. The molecule has 216 valence electrons. The maximum Gasteiger partial charge on any atom is 0.196 e. The topological polar surface area (TPSA) is 49.1 Å². The van der Waals surface area contributed by atoms with Crippen LogP contribution in [0.1, 0.15) is 88.5 Å². The molecular formula is C34H42FN3O2Si. The number of carbonyl (C=O) groups excluding carboxylic acids is 1. The number of benzene rings is 2. The zero-order chi connectivity index (χ0) is 29.5. The summed E-state index contributed by atoms with van der Waals surface area (Å²) in [6.07, 6.45) is 8.42. The molecule has 0 spiro atoms. The molecule has 0 saturated carbocycles. The molecule has 0 radical (unpaired) electrons. The van der Waals surface area contributed by atoms with E-state index >= 15 is 4.39 Å². The summed E-state index contributed by atoms with van der Waals surface area (Å²) in [5.41, 5.74) is 4.96. The Kier molecular flexibility index (Phi) is 8.21. The minimum atomic E-state index is -2.13. The summed E-state index contributed by atoms with van der Waals surface area (Å²) >= 11 is 0. The van der Waals surface area contributed by atoms with Crippen LogP contribution in [-0.2, 0) is 4.74 Å². The quantitative estimate of drug-likeness (QED) is 0.149. The van der Waals surface area contributed by atoms with Gasteiger partial charge in [0.15, 0.2) is 20.2 Å². The van der Waals surface area contributed by atoms with Crippen molar-refractivity contribution >= 4 is 31.0 Å². The molecule has 1 unspecified atom stereocenters. The predicted octanol–water partition coefficient (Wildman–Crippen LogP) is 9.24. The number of ether oxygens (including phenoxy) is 1. The maximum atomic E-state index is 16.1. The first-order valence-electron chi connectivity index (χ1n) is 14.9.